The van der Waals surface area contributed by atoms with E-state index >= 15 is 0 Å². The number of nitrogens with two attached hydrogens (primary N) is 1. The lowest BCUT2D eigenvalue weighted by Crippen LogP contribution is -2.37. The van der Waals surface area contributed by atoms with E-state index in [-0.39, 0.29) is 23.5 Å². The average molecular weight is 308 g/mol. The van der Waals surface area contributed by atoms with E-state index in [1.807, 2.05) is 24.3 Å². The second-order valence-electron chi connectivity index (χ2n) is 5.90. The molecular weight excluding hydrogens is 288 g/mol. The first-order chi connectivity index (χ1) is 9.98. The van der Waals surface area contributed by atoms with Crippen LogP contribution in [0.3, 0.4) is 0 Å². The number of sulfone groups is 1. The van der Waals surface area contributed by atoms with Crippen LogP contribution in [0, 0.1) is 5.92 Å². The molecule has 1 aromatic rings. The lowest BCUT2D eigenvalue weighted by molar-refractivity contribution is -0.121. The van der Waals surface area contributed by atoms with Crippen molar-refractivity contribution in [1.82, 2.24) is 0 Å². The number of carbonyl (C=O) groups is 1. The molecule has 0 radical (unpaired) electrons. The van der Waals surface area contributed by atoms with Crippen molar-refractivity contribution in [3.63, 3.8) is 0 Å². The molecule has 3 rings (SSSR count). The highest BCUT2D eigenvalue weighted by Gasteiger charge is 2.37. The molecule has 0 saturated carbocycles. The van der Waals surface area contributed by atoms with Gasteiger partial charge in [0.1, 0.15) is 0 Å². The second kappa shape index (κ2) is 5.42. The Morgan fingerprint density at radius 3 is 2.71 bits per heavy atom. The molecule has 0 spiro atoms. The van der Waals surface area contributed by atoms with Gasteiger partial charge in [-0.05, 0) is 30.9 Å². The van der Waals surface area contributed by atoms with Gasteiger partial charge in [0.05, 0.1) is 17.4 Å². The Morgan fingerprint density at radius 1 is 1.24 bits per heavy atom. The molecule has 2 N–H and O–H groups in total. The average Bonchev–Trinajstić information content (AvgIpc) is 2.74. The molecule has 1 fully saturated rings. The fraction of sp³-hybridized carbons (Fsp3) is 0.533. The predicted octanol–water partition coefficient (Wildman–Crippen LogP) is 1.25. The van der Waals surface area contributed by atoms with Gasteiger partial charge in [-0.2, -0.15) is 0 Å². The van der Waals surface area contributed by atoms with E-state index in [1.165, 1.54) is 0 Å². The van der Waals surface area contributed by atoms with Gasteiger partial charge in [0.2, 0.25) is 5.91 Å². The van der Waals surface area contributed by atoms with Crippen LogP contribution in [0.5, 0.6) is 0 Å². The minimum absolute atomic E-state index is 0.0173. The van der Waals surface area contributed by atoms with Crippen LogP contribution in [0.25, 0.3) is 0 Å². The van der Waals surface area contributed by atoms with Crippen molar-refractivity contribution in [2.75, 3.05) is 23.0 Å². The molecule has 5 nitrogen and oxygen atoms in total. The highest BCUT2D eigenvalue weighted by Crippen LogP contribution is 2.33. The van der Waals surface area contributed by atoms with Crippen LogP contribution in [0.1, 0.15) is 30.9 Å². The molecule has 0 aliphatic carbocycles. The highest BCUT2D eigenvalue weighted by molar-refractivity contribution is 7.91. The predicted molar refractivity (Wildman–Crippen MR) is 81.7 cm³/mol. The second-order valence-corrected chi connectivity index (χ2v) is 8.13. The van der Waals surface area contributed by atoms with E-state index in [9.17, 15) is 13.2 Å². The van der Waals surface area contributed by atoms with Gasteiger partial charge in [-0.3, -0.25) is 4.79 Å². The molecule has 6 heteroatoms. The molecule has 1 amide bonds. The lowest BCUT2D eigenvalue weighted by atomic mass is 10.0. The van der Waals surface area contributed by atoms with Crippen LogP contribution >= 0.6 is 0 Å². The van der Waals surface area contributed by atoms with E-state index < -0.39 is 15.8 Å². The molecule has 0 bridgehead atoms. The van der Waals surface area contributed by atoms with Crippen molar-refractivity contribution in [2.45, 2.75) is 25.3 Å². The fourth-order valence-corrected chi connectivity index (χ4v) is 4.96. The Bertz CT molecular complexity index is 657. The number of para-hydroxylation sites is 1. The first-order valence-corrected chi connectivity index (χ1v) is 9.16. The van der Waals surface area contributed by atoms with Gasteiger partial charge in [-0.25, -0.2) is 8.42 Å². The monoisotopic (exact) mass is 308 g/mol. The Balaban J connectivity index is 1.91. The number of hydrogen-bond acceptors (Lipinski definition) is 4. The Morgan fingerprint density at radius 2 is 2.00 bits per heavy atom. The fourth-order valence-electron chi connectivity index (χ4n) is 3.23. The number of fused-ring (bicyclic) bond motifs is 1. The normalized spacial score (nSPS) is 28.0. The maximum atomic E-state index is 12.7. The summed E-state index contributed by atoms with van der Waals surface area (Å²) in [5.41, 5.74) is 7.99. The zero-order chi connectivity index (χ0) is 15.0. The zero-order valence-electron chi connectivity index (χ0n) is 11.9. The summed E-state index contributed by atoms with van der Waals surface area (Å²) in [6, 6.07) is 7.61. The third-order valence-corrected chi connectivity index (χ3v) is 6.14. The number of rotatable bonds is 1. The number of carbonyl (C=O) groups excluding carboxylic acids is 1. The molecule has 2 unspecified atom stereocenters. The van der Waals surface area contributed by atoms with Gasteiger partial charge in [0.25, 0.3) is 0 Å². The summed E-state index contributed by atoms with van der Waals surface area (Å²) < 4.78 is 23.2. The van der Waals surface area contributed by atoms with E-state index in [0.717, 1.165) is 24.1 Å². The molecule has 1 saturated heterocycles. The number of hydrogen-bond donors (Lipinski definition) is 1. The van der Waals surface area contributed by atoms with Crippen molar-refractivity contribution in [1.29, 1.82) is 0 Å². The van der Waals surface area contributed by atoms with Crippen molar-refractivity contribution in [3.8, 4) is 0 Å². The summed E-state index contributed by atoms with van der Waals surface area (Å²) in [4.78, 5) is 14.5. The van der Waals surface area contributed by atoms with E-state index in [0.29, 0.717) is 13.0 Å². The number of nitrogens with zero attached hydrogens (tertiary/aromatic N) is 1. The molecule has 1 aromatic carbocycles. The molecular formula is C15H20N2O3S. The summed E-state index contributed by atoms with van der Waals surface area (Å²) in [5.74, 6) is -0.371. The summed E-state index contributed by atoms with van der Waals surface area (Å²) in [6.07, 6.45) is 2.11. The van der Waals surface area contributed by atoms with Crippen molar-refractivity contribution < 1.29 is 13.2 Å². The van der Waals surface area contributed by atoms with Gasteiger partial charge in [-0.1, -0.05) is 18.2 Å². The molecule has 0 aromatic heterocycles. The van der Waals surface area contributed by atoms with Crippen LogP contribution in [0.2, 0.25) is 0 Å². The molecule has 2 heterocycles. The maximum absolute atomic E-state index is 12.7. The number of benzene rings is 1. The molecule has 114 valence electrons. The van der Waals surface area contributed by atoms with Crippen LogP contribution in [-0.4, -0.2) is 32.4 Å². The lowest BCUT2D eigenvalue weighted by Gasteiger charge is -2.25. The van der Waals surface area contributed by atoms with Gasteiger partial charge in [0.15, 0.2) is 9.84 Å². The summed E-state index contributed by atoms with van der Waals surface area (Å²) in [7, 11) is -3.05. The van der Waals surface area contributed by atoms with Crippen molar-refractivity contribution in [3.05, 3.63) is 29.8 Å². The van der Waals surface area contributed by atoms with E-state index in [2.05, 4.69) is 0 Å². The standard InChI is InChI=1S/C15H20N2O3S/c16-13-5-3-8-17(14-6-2-1-4-12(13)14)15(18)11-7-9-21(19,20)10-11/h1-2,4,6,11,13H,3,5,7-10,16H2. The van der Waals surface area contributed by atoms with Crippen LogP contribution in [-0.2, 0) is 14.6 Å². The third kappa shape index (κ3) is 2.82. The topological polar surface area (TPSA) is 80.5 Å². The minimum Gasteiger partial charge on any atom is -0.324 e. The quantitative estimate of drug-likeness (QED) is 0.846. The first kappa shape index (κ1) is 14.5. The number of anilines is 1. The minimum atomic E-state index is -3.05. The van der Waals surface area contributed by atoms with Crippen LogP contribution < -0.4 is 10.6 Å². The molecule has 2 aliphatic rings. The van der Waals surface area contributed by atoms with E-state index in [1.54, 1.807) is 4.90 Å². The largest absolute Gasteiger partial charge is 0.324 e. The van der Waals surface area contributed by atoms with Gasteiger partial charge < -0.3 is 10.6 Å². The highest BCUT2D eigenvalue weighted by atomic mass is 32.2. The maximum Gasteiger partial charge on any atom is 0.231 e. The first-order valence-electron chi connectivity index (χ1n) is 7.34. The van der Waals surface area contributed by atoms with E-state index in [4.69, 9.17) is 5.73 Å². The van der Waals surface area contributed by atoms with Crippen molar-refractivity contribution in [2.24, 2.45) is 11.7 Å². The zero-order valence-corrected chi connectivity index (χ0v) is 12.7. The number of amides is 1. The summed E-state index contributed by atoms with van der Waals surface area (Å²) >= 11 is 0. The summed E-state index contributed by atoms with van der Waals surface area (Å²) in [5, 5.41) is 0. The van der Waals surface area contributed by atoms with Crippen LogP contribution in [0.4, 0.5) is 5.69 Å². The van der Waals surface area contributed by atoms with Gasteiger partial charge in [-0.15, -0.1) is 0 Å². The Labute approximate surface area is 125 Å². The molecule has 2 atom stereocenters. The summed E-state index contributed by atoms with van der Waals surface area (Å²) in [6.45, 7) is 0.611. The van der Waals surface area contributed by atoms with Gasteiger partial charge >= 0.3 is 0 Å². The Hall–Kier alpha value is -1.40. The van der Waals surface area contributed by atoms with Gasteiger partial charge in [0, 0.05) is 18.3 Å². The van der Waals surface area contributed by atoms with Crippen LogP contribution in [0.15, 0.2) is 24.3 Å². The molecule has 2 aliphatic heterocycles. The Kier molecular flexibility index (Phi) is 3.75. The molecule has 21 heavy (non-hydrogen) atoms. The van der Waals surface area contributed by atoms with Crippen molar-refractivity contribution >= 4 is 21.4 Å². The third-order valence-electron chi connectivity index (χ3n) is 4.37. The SMILES string of the molecule is NC1CCCN(C(=O)C2CCS(=O)(=O)C2)c2ccccc21. The smallest absolute Gasteiger partial charge is 0.231 e.